The van der Waals surface area contributed by atoms with E-state index in [1.165, 1.54) is 0 Å². The Labute approximate surface area is 181 Å². The van der Waals surface area contributed by atoms with Crippen molar-refractivity contribution in [3.05, 3.63) is 76.3 Å². The lowest BCUT2D eigenvalue weighted by Crippen LogP contribution is -2.45. The molecule has 1 aliphatic rings. The fraction of sp³-hybridized carbons (Fsp3) is 0.304. The predicted molar refractivity (Wildman–Crippen MR) is 119 cm³/mol. The van der Waals surface area contributed by atoms with Crippen LogP contribution in [0.1, 0.15) is 18.4 Å². The SMILES string of the molecule is COc1ccccc1-c1ccc(N2CCCC(NCc3ccc([N+](=O)[O-])cc3)C2)nn1. The Balaban J connectivity index is 1.37. The molecule has 1 saturated heterocycles. The van der Waals surface area contributed by atoms with Gasteiger partial charge < -0.3 is 15.0 Å². The van der Waals surface area contributed by atoms with Gasteiger partial charge in [0, 0.05) is 43.4 Å². The number of hydrogen-bond donors (Lipinski definition) is 1. The molecule has 1 fully saturated rings. The number of non-ortho nitro benzene ring substituents is 1. The van der Waals surface area contributed by atoms with Crippen LogP contribution >= 0.6 is 0 Å². The normalized spacial score (nSPS) is 16.2. The van der Waals surface area contributed by atoms with Crippen LogP contribution in [0.2, 0.25) is 0 Å². The molecule has 2 aromatic carbocycles. The van der Waals surface area contributed by atoms with Crippen LogP contribution in [0.25, 0.3) is 11.3 Å². The predicted octanol–water partition coefficient (Wildman–Crippen LogP) is 3.82. The van der Waals surface area contributed by atoms with Gasteiger partial charge in [-0.05, 0) is 42.7 Å². The summed E-state index contributed by atoms with van der Waals surface area (Å²) in [5.74, 6) is 1.64. The summed E-state index contributed by atoms with van der Waals surface area (Å²) >= 11 is 0. The summed E-state index contributed by atoms with van der Waals surface area (Å²) in [5, 5.41) is 23.2. The Bertz CT molecular complexity index is 1020. The zero-order valence-corrected chi connectivity index (χ0v) is 17.4. The second-order valence-corrected chi connectivity index (χ2v) is 7.57. The quantitative estimate of drug-likeness (QED) is 0.460. The van der Waals surface area contributed by atoms with Crippen LogP contribution in [-0.4, -0.2) is 41.4 Å². The van der Waals surface area contributed by atoms with Gasteiger partial charge in [0.15, 0.2) is 5.82 Å². The minimum absolute atomic E-state index is 0.114. The van der Waals surface area contributed by atoms with Gasteiger partial charge in [-0.15, -0.1) is 10.2 Å². The van der Waals surface area contributed by atoms with E-state index in [1.54, 1.807) is 31.4 Å². The van der Waals surface area contributed by atoms with Gasteiger partial charge in [0.2, 0.25) is 0 Å². The van der Waals surface area contributed by atoms with Crippen LogP contribution in [0.5, 0.6) is 5.75 Å². The number of piperidine rings is 1. The van der Waals surface area contributed by atoms with Crippen molar-refractivity contribution in [3.8, 4) is 17.0 Å². The molecule has 4 rings (SSSR count). The Morgan fingerprint density at radius 1 is 1.13 bits per heavy atom. The number of nitro benzene ring substituents is 1. The first-order chi connectivity index (χ1) is 15.1. The molecule has 8 nitrogen and oxygen atoms in total. The average molecular weight is 419 g/mol. The monoisotopic (exact) mass is 419 g/mol. The van der Waals surface area contributed by atoms with Crippen molar-refractivity contribution in [1.82, 2.24) is 15.5 Å². The Morgan fingerprint density at radius 2 is 1.94 bits per heavy atom. The molecule has 1 aromatic heterocycles. The smallest absolute Gasteiger partial charge is 0.269 e. The van der Waals surface area contributed by atoms with Gasteiger partial charge in [0.05, 0.1) is 17.7 Å². The van der Waals surface area contributed by atoms with Gasteiger partial charge in [-0.3, -0.25) is 10.1 Å². The van der Waals surface area contributed by atoms with Crippen LogP contribution in [0.15, 0.2) is 60.7 Å². The summed E-state index contributed by atoms with van der Waals surface area (Å²) in [6, 6.07) is 18.8. The third-order valence-corrected chi connectivity index (χ3v) is 5.52. The maximum Gasteiger partial charge on any atom is 0.269 e. The van der Waals surface area contributed by atoms with Crippen molar-refractivity contribution in [2.75, 3.05) is 25.1 Å². The topological polar surface area (TPSA) is 93.4 Å². The second kappa shape index (κ2) is 9.53. The summed E-state index contributed by atoms with van der Waals surface area (Å²) in [7, 11) is 1.65. The molecule has 0 bridgehead atoms. The molecule has 0 saturated carbocycles. The number of para-hydroxylation sites is 1. The van der Waals surface area contributed by atoms with Gasteiger partial charge in [-0.2, -0.15) is 0 Å². The molecule has 160 valence electrons. The van der Waals surface area contributed by atoms with Crippen molar-refractivity contribution >= 4 is 11.5 Å². The molecule has 0 aliphatic carbocycles. The maximum atomic E-state index is 10.8. The zero-order valence-electron chi connectivity index (χ0n) is 17.4. The Kier molecular flexibility index (Phi) is 6.37. The van der Waals surface area contributed by atoms with E-state index in [-0.39, 0.29) is 10.6 Å². The molecule has 1 unspecified atom stereocenters. The number of methoxy groups -OCH3 is 1. The van der Waals surface area contributed by atoms with Crippen LogP contribution in [0, 0.1) is 10.1 Å². The van der Waals surface area contributed by atoms with E-state index in [2.05, 4.69) is 20.4 Å². The molecule has 0 spiro atoms. The van der Waals surface area contributed by atoms with E-state index in [0.717, 1.165) is 54.3 Å². The molecule has 0 amide bonds. The minimum Gasteiger partial charge on any atom is -0.496 e. The highest BCUT2D eigenvalue weighted by atomic mass is 16.6. The average Bonchev–Trinajstić information content (AvgIpc) is 2.83. The molecule has 31 heavy (non-hydrogen) atoms. The number of aromatic nitrogens is 2. The lowest BCUT2D eigenvalue weighted by atomic mass is 10.0. The first-order valence-corrected chi connectivity index (χ1v) is 10.3. The third-order valence-electron chi connectivity index (χ3n) is 5.52. The summed E-state index contributed by atoms with van der Waals surface area (Å²) in [6.07, 6.45) is 2.14. The van der Waals surface area contributed by atoms with E-state index in [1.807, 2.05) is 36.4 Å². The van der Waals surface area contributed by atoms with Crippen LogP contribution in [0.4, 0.5) is 11.5 Å². The maximum absolute atomic E-state index is 10.8. The summed E-state index contributed by atoms with van der Waals surface area (Å²) < 4.78 is 5.42. The Morgan fingerprint density at radius 3 is 2.65 bits per heavy atom. The van der Waals surface area contributed by atoms with Crippen molar-refractivity contribution in [2.24, 2.45) is 0 Å². The molecular weight excluding hydrogens is 394 g/mol. The van der Waals surface area contributed by atoms with E-state index >= 15 is 0 Å². The fourth-order valence-corrected chi connectivity index (χ4v) is 3.84. The number of ether oxygens (including phenoxy) is 1. The van der Waals surface area contributed by atoms with Crippen molar-refractivity contribution in [2.45, 2.75) is 25.4 Å². The highest BCUT2D eigenvalue weighted by molar-refractivity contribution is 5.67. The zero-order chi connectivity index (χ0) is 21.6. The number of nitrogens with zero attached hydrogens (tertiary/aromatic N) is 4. The molecule has 1 aliphatic heterocycles. The standard InChI is InChI=1S/C23H25N5O3/c1-31-22-7-3-2-6-20(22)21-12-13-23(26-25-21)27-14-4-5-18(16-27)24-15-17-8-10-19(11-9-17)28(29)30/h2-3,6-13,18,24H,4-5,14-16H2,1H3. The molecule has 8 heteroatoms. The minimum atomic E-state index is -0.379. The first-order valence-electron chi connectivity index (χ1n) is 10.3. The fourth-order valence-electron chi connectivity index (χ4n) is 3.84. The van der Waals surface area contributed by atoms with E-state index in [0.29, 0.717) is 12.6 Å². The molecule has 1 atom stereocenters. The van der Waals surface area contributed by atoms with Crippen LogP contribution < -0.4 is 15.0 Å². The summed E-state index contributed by atoms with van der Waals surface area (Å²) in [6.45, 7) is 2.46. The van der Waals surface area contributed by atoms with E-state index < -0.39 is 0 Å². The van der Waals surface area contributed by atoms with Gasteiger partial charge in [-0.1, -0.05) is 24.3 Å². The van der Waals surface area contributed by atoms with Gasteiger partial charge >= 0.3 is 0 Å². The lowest BCUT2D eigenvalue weighted by molar-refractivity contribution is -0.384. The summed E-state index contributed by atoms with van der Waals surface area (Å²) in [5.41, 5.74) is 2.85. The highest BCUT2D eigenvalue weighted by Crippen LogP contribution is 2.28. The van der Waals surface area contributed by atoms with Crippen LogP contribution in [0.3, 0.4) is 0 Å². The Hall–Kier alpha value is -3.52. The number of nitrogens with one attached hydrogen (secondary N) is 1. The molecule has 1 N–H and O–H groups in total. The number of anilines is 1. The van der Waals surface area contributed by atoms with Crippen LogP contribution in [-0.2, 0) is 6.54 Å². The number of hydrogen-bond acceptors (Lipinski definition) is 7. The van der Waals surface area contributed by atoms with E-state index in [4.69, 9.17) is 4.74 Å². The molecule has 3 aromatic rings. The lowest BCUT2D eigenvalue weighted by Gasteiger charge is -2.34. The number of rotatable bonds is 7. The first kappa shape index (κ1) is 20.7. The summed E-state index contributed by atoms with van der Waals surface area (Å²) in [4.78, 5) is 12.7. The largest absolute Gasteiger partial charge is 0.496 e. The third kappa shape index (κ3) is 4.97. The molecule has 2 heterocycles. The van der Waals surface area contributed by atoms with Gasteiger partial charge in [0.1, 0.15) is 5.75 Å². The van der Waals surface area contributed by atoms with Crippen molar-refractivity contribution < 1.29 is 9.66 Å². The van der Waals surface area contributed by atoms with Gasteiger partial charge in [-0.25, -0.2) is 0 Å². The van der Waals surface area contributed by atoms with E-state index in [9.17, 15) is 10.1 Å². The van der Waals surface area contributed by atoms with Gasteiger partial charge in [0.25, 0.3) is 5.69 Å². The second-order valence-electron chi connectivity index (χ2n) is 7.57. The number of benzene rings is 2. The molecular formula is C23H25N5O3. The molecule has 0 radical (unpaired) electrons. The highest BCUT2D eigenvalue weighted by Gasteiger charge is 2.21. The van der Waals surface area contributed by atoms with Crippen molar-refractivity contribution in [3.63, 3.8) is 0 Å². The number of nitro groups is 1. The van der Waals surface area contributed by atoms with Crippen molar-refractivity contribution in [1.29, 1.82) is 0 Å².